The molecule has 232 valence electrons. The zero-order valence-corrected chi connectivity index (χ0v) is 27.1. The Morgan fingerprint density at radius 1 is 0.469 bits per heavy atom. The van der Waals surface area contributed by atoms with E-state index in [4.69, 9.17) is 9.97 Å². The van der Waals surface area contributed by atoms with Crippen molar-refractivity contribution in [2.45, 2.75) is 6.92 Å². The van der Waals surface area contributed by atoms with Gasteiger partial charge in [-0.15, -0.1) is 0 Å². The zero-order chi connectivity index (χ0) is 32.9. The number of aryl methyl sites for hydroxylation is 1. The number of benzene rings is 6. The molecule has 0 aliphatic heterocycles. The third kappa shape index (κ3) is 4.77. The molecule has 6 aromatic carbocycles. The Bertz CT molecular complexity index is 2610. The van der Waals surface area contributed by atoms with Crippen molar-refractivity contribution in [3.05, 3.63) is 176 Å². The lowest BCUT2D eigenvalue weighted by atomic mass is 10.0. The normalized spacial score (nSPS) is 11.4. The van der Waals surface area contributed by atoms with E-state index in [0.29, 0.717) is 5.95 Å². The van der Waals surface area contributed by atoms with Gasteiger partial charge in [0.2, 0.25) is 5.95 Å². The second-order valence-corrected chi connectivity index (χ2v) is 12.4. The molecule has 0 aliphatic carbocycles. The summed E-state index contributed by atoms with van der Waals surface area (Å²) in [5, 5.41) is 3.54. The van der Waals surface area contributed by atoms with Crippen molar-refractivity contribution in [3.8, 4) is 45.3 Å². The average Bonchev–Trinajstić information content (AvgIpc) is 3.66. The van der Waals surface area contributed by atoms with Gasteiger partial charge in [0.15, 0.2) is 0 Å². The Morgan fingerprint density at radius 3 is 1.71 bits per heavy atom. The van der Waals surface area contributed by atoms with Crippen molar-refractivity contribution in [1.29, 1.82) is 0 Å². The van der Waals surface area contributed by atoms with Gasteiger partial charge < -0.3 is 4.57 Å². The van der Waals surface area contributed by atoms with Crippen molar-refractivity contribution >= 4 is 38.8 Å². The van der Waals surface area contributed by atoms with Gasteiger partial charge in [-0.2, -0.15) is 0 Å². The highest BCUT2D eigenvalue weighted by atomic mass is 15.2. The SMILES string of the molecule is C=Cc1c(C)c2ccc(-c3ccc4c(c3)c3ccccc3n4-c3nc(-c4ccccc4)cc(-c4ccccc4)n3)cc2n1-c1ccccc1. The first-order valence-corrected chi connectivity index (χ1v) is 16.5. The minimum Gasteiger partial charge on any atom is -0.310 e. The molecule has 3 aromatic heterocycles. The van der Waals surface area contributed by atoms with Crippen LogP contribution in [0.15, 0.2) is 164 Å². The van der Waals surface area contributed by atoms with Crippen LogP contribution in [0.3, 0.4) is 0 Å². The summed E-state index contributed by atoms with van der Waals surface area (Å²) in [5.74, 6) is 0.647. The maximum absolute atomic E-state index is 5.18. The summed E-state index contributed by atoms with van der Waals surface area (Å²) in [6.07, 6.45) is 1.96. The molecule has 0 saturated heterocycles. The van der Waals surface area contributed by atoms with Gasteiger partial charge in [-0.1, -0.05) is 122 Å². The summed E-state index contributed by atoms with van der Waals surface area (Å²) in [5.41, 5.74) is 12.9. The van der Waals surface area contributed by atoms with Crippen molar-refractivity contribution in [2.24, 2.45) is 0 Å². The predicted octanol–water partition coefficient (Wildman–Crippen LogP) is 11.5. The molecule has 0 N–H and O–H groups in total. The fourth-order valence-corrected chi connectivity index (χ4v) is 7.16. The lowest BCUT2D eigenvalue weighted by Crippen LogP contribution is -2.03. The van der Waals surface area contributed by atoms with Crippen LogP contribution in [0, 0.1) is 6.92 Å². The third-order valence-corrected chi connectivity index (χ3v) is 9.53. The van der Waals surface area contributed by atoms with Gasteiger partial charge in [0.25, 0.3) is 0 Å². The molecule has 0 bridgehead atoms. The number of aromatic nitrogens is 4. The highest BCUT2D eigenvalue weighted by Gasteiger charge is 2.19. The Labute approximate surface area is 284 Å². The number of fused-ring (bicyclic) bond motifs is 4. The quantitative estimate of drug-likeness (QED) is 0.184. The molecule has 0 fully saturated rings. The molecule has 0 saturated carbocycles. The Balaban J connectivity index is 1.25. The number of hydrogen-bond acceptors (Lipinski definition) is 2. The molecule has 0 amide bonds. The van der Waals surface area contributed by atoms with E-state index in [2.05, 4.69) is 168 Å². The molecule has 49 heavy (non-hydrogen) atoms. The monoisotopic (exact) mass is 628 g/mol. The molecule has 9 rings (SSSR count). The predicted molar refractivity (Wildman–Crippen MR) is 204 cm³/mol. The number of hydrogen-bond donors (Lipinski definition) is 0. The summed E-state index contributed by atoms with van der Waals surface area (Å²) in [7, 11) is 0. The summed E-state index contributed by atoms with van der Waals surface area (Å²) in [4.78, 5) is 10.4. The van der Waals surface area contributed by atoms with Crippen LogP contribution in [0.4, 0.5) is 0 Å². The number of para-hydroxylation sites is 2. The molecule has 0 atom stereocenters. The Hall–Kier alpha value is -6.52. The van der Waals surface area contributed by atoms with Crippen LogP contribution in [0.25, 0.3) is 84.1 Å². The molecule has 3 heterocycles. The second kappa shape index (κ2) is 11.6. The van der Waals surface area contributed by atoms with Crippen molar-refractivity contribution < 1.29 is 0 Å². The van der Waals surface area contributed by atoms with Crippen LogP contribution in [0.2, 0.25) is 0 Å². The smallest absolute Gasteiger partial charge is 0.235 e. The van der Waals surface area contributed by atoms with Gasteiger partial charge in [0.05, 0.1) is 27.9 Å². The molecule has 0 spiro atoms. The second-order valence-electron chi connectivity index (χ2n) is 12.4. The van der Waals surface area contributed by atoms with Gasteiger partial charge in [-0.3, -0.25) is 4.57 Å². The summed E-state index contributed by atoms with van der Waals surface area (Å²) >= 11 is 0. The van der Waals surface area contributed by atoms with E-state index in [9.17, 15) is 0 Å². The Morgan fingerprint density at radius 2 is 1.04 bits per heavy atom. The standard InChI is InChI=1S/C45H32N4/c1-3-41-30(2)36-25-23-34(28-44(36)48(41)35-19-11-6-12-20-35)33-24-26-43-38(27-33)37-21-13-14-22-42(37)49(43)45-46-39(31-15-7-4-8-16-31)29-40(47-45)32-17-9-5-10-18-32/h3-29H,1H2,2H3. The van der Waals surface area contributed by atoms with Crippen LogP contribution in [-0.2, 0) is 0 Å². The highest BCUT2D eigenvalue weighted by Crippen LogP contribution is 2.38. The number of rotatable bonds is 6. The molecular formula is C45H32N4. The topological polar surface area (TPSA) is 35.6 Å². The van der Waals surface area contributed by atoms with Crippen molar-refractivity contribution in [3.63, 3.8) is 0 Å². The molecule has 0 unspecified atom stereocenters. The zero-order valence-electron chi connectivity index (χ0n) is 27.1. The molecule has 4 heteroatoms. The highest BCUT2D eigenvalue weighted by molar-refractivity contribution is 6.10. The van der Waals surface area contributed by atoms with Crippen LogP contribution >= 0.6 is 0 Å². The minimum atomic E-state index is 0.647. The van der Waals surface area contributed by atoms with Gasteiger partial charge in [0.1, 0.15) is 0 Å². The molecule has 0 aliphatic rings. The largest absolute Gasteiger partial charge is 0.310 e. The van der Waals surface area contributed by atoms with E-state index in [0.717, 1.165) is 72.3 Å². The number of nitrogens with zero attached hydrogens (tertiary/aromatic N) is 4. The maximum atomic E-state index is 5.18. The van der Waals surface area contributed by atoms with Crippen LogP contribution < -0.4 is 0 Å². The van der Waals surface area contributed by atoms with Crippen molar-refractivity contribution in [2.75, 3.05) is 0 Å². The fraction of sp³-hybridized carbons (Fsp3) is 0.0222. The van der Waals surface area contributed by atoms with Crippen LogP contribution in [-0.4, -0.2) is 19.1 Å². The van der Waals surface area contributed by atoms with Gasteiger partial charge in [-0.05, 0) is 72.2 Å². The molecule has 0 radical (unpaired) electrons. The maximum Gasteiger partial charge on any atom is 0.235 e. The van der Waals surface area contributed by atoms with Crippen molar-refractivity contribution in [1.82, 2.24) is 19.1 Å². The van der Waals surface area contributed by atoms with E-state index in [-0.39, 0.29) is 0 Å². The average molecular weight is 629 g/mol. The van der Waals surface area contributed by atoms with Gasteiger partial charge in [-0.25, -0.2) is 9.97 Å². The Kier molecular flexibility index (Phi) is 6.80. The van der Waals surface area contributed by atoms with Crippen LogP contribution in [0.1, 0.15) is 11.3 Å². The molecule has 9 aromatic rings. The van der Waals surface area contributed by atoms with Gasteiger partial charge >= 0.3 is 0 Å². The van der Waals surface area contributed by atoms with E-state index in [1.165, 1.54) is 10.9 Å². The van der Waals surface area contributed by atoms with E-state index < -0.39 is 0 Å². The lowest BCUT2D eigenvalue weighted by Gasteiger charge is -2.12. The fourth-order valence-electron chi connectivity index (χ4n) is 7.16. The first-order valence-electron chi connectivity index (χ1n) is 16.5. The van der Waals surface area contributed by atoms with E-state index >= 15 is 0 Å². The van der Waals surface area contributed by atoms with Gasteiger partial charge in [0, 0.05) is 38.7 Å². The van der Waals surface area contributed by atoms with Crippen LogP contribution in [0.5, 0.6) is 0 Å². The van der Waals surface area contributed by atoms with E-state index in [1.807, 2.05) is 18.2 Å². The lowest BCUT2D eigenvalue weighted by molar-refractivity contribution is 0.995. The summed E-state index contributed by atoms with van der Waals surface area (Å²) in [6.45, 7) is 6.33. The minimum absolute atomic E-state index is 0.647. The van der Waals surface area contributed by atoms with E-state index in [1.54, 1.807) is 0 Å². The third-order valence-electron chi connectivity index (χ3n) is 9.53. The first-order chi connectivity index (χ1) is 24.2. The first kappa shape index (κ1) is 28.7. The molecule has 4 nitrogen and oxygen atoms in total. The summed E-state index contributed by atoms with van der Waals surface area (Å²) in [6, 6.07) is 55.3. The summed E-state index contributed by atoms with van der Waals surface area (Å²) < 4.78 is 4.52. The molecular weight excluding hydrogens is 597 g/mol.